The molecule has 0 saturated heterocycles. The van der Waals surface area contributed by atoms with Gasteiger partial charge in [0.2, 0.25) is 0 Å². The Kier molecular flexibility index (Phi) is 6.33. The minimum Gasteiger partial charge on any atom is -0.320 e. The summed E-state index contributed by atoms with van der Waals surface area (Å²) in [5, 5.41) is -0.00787. The van der Waals surface area contributed by atoms with Crippen LogP contribution in [0.1, 0.15) is 39.8 Å². The Labute approximate surface area is 186 Å². The van der Waals surface area contributed by atoms with Crippen LogP contribution in [-0.4, -0.2) is 26.2 Å². The van der Waals surface area contributed by atoms with Crippen LogP contribution in [0.2, 0.25) is 0 Å². The first-order valence-electron chi connectivity index (χ1n) is 10.3. The highest BCUT2D eigenvalue weighted by Gasteiger charge is 2.23. The highest BCUT2D eigenvalue weighted by Crippen LogP contribution is 2.30. The Morgan fingerprint density at radius 3 is 2.32 bits per heavy atom. The lowest BCUT2D eigenvalue weighted by Gasteiger charge is -2.21. The van der Waals surface area contributed by atoms with Crippen molar-refractivity contribution < 1.29 is 9.59 Å². The Hall–Kier alpha value is -3.18. The Morgan fingerprint density at radius 1 is 0.903 bits per heavy atom. The molecule has 4 nitrogen and oxygen atoms in total. The quantitative estimate of drug-likeness (QED) is 0.350. The summed E-state index contributed by atoms with van der Waals surface area (Å²) in [5.74, 6) is 0.982. The van der Waals surface area contributed by atoms with Crippen molar-refractivity contribution in [2.75, 3.05) is 5.75 Å². The van der Waals surface area contributed by atoms with Crippen LogP contribution in [0.5, 0.6) is 0 Å². The van der Waals surface area contributed by atoms with E-state index < -0.39 is 0 Å². The smallest absolute Gasteiger partial charge is 0.191 e. The first-order chi connectivity index (χ1) is 15.0. The molecule has 1 heterocycles. The summed E-state index contributed by atoms with van der Waals surface area (Å²) in [7, 11) is 0. The monoisotopic (exact) mass is 428 g/mol. The molecule has 4 aromatic rings. The fourth-order valence-corrected chi connectivity index (χ4v) is 4.51. The number of aryl methyl sites for hydroxylation is 2. The number of carbonyl (C=O) groups is 2. The lowest BCUT2D eigenvalue weighted by atomic mass is 10.0. The summed E-state index contributed by atoms with van der Waals surface area (Å²) in [5.41, 5.74) is 4.71. The maximum Gasteiger partial charge on any atom is 0.191 e. The van der Waals surface area contributed by atoms with Crippen LogP contribution in [0.4, 0.5) is 0 Å². The van der Waals surface area contributed by atoms with Crippen LogP contribution in [0.15, 0.2) is 78.9 Å². The van der Waals surface area contributed by atoms with Gasteiger partial charge in [-0.1, -0.05) is 84.1 Å². The van der Waals surface area contributed by atoms with E-state index in [9.17, 15) is 9.59 Å². The van der Waals surface area contributed by atoms with Gasteiger partial charge in [0, 0.05) is 12.0 Å². The van der Waals surface area contributed by atoms with Crippen LogP contribution >= 0.6 is 11.8 Å². The summed E-state index contributed by atoms with van der Waals surface area (Å²) >= 11 is 1.09. The van der Waals surface area contributed by atoms with Gasteiger partial charge >= 0.3 is 0 Å². The van der Waals surface area contributed by atoms with Gasteiger partial charge in [-0.25, -0.2) is 4.98 Å². The molecule has 31 heavy (non-hydrogen) atoms. The first-order valence-corrected chi connectivity index (χ1v) is 11.3. The van der Waals surface area contributed by atoms with Crippen molar-refractivity contribution in [1.29, 1.82) is 0 Å². The van der Waals surface area contributed by atoms with Crippen LogP contribution in [0, 0.1) is 13.8 Å². The number of aromatic nitrogens is 2. The molecule has 4 rings (SSSR count). The number of fused-ring (bicyclic) bond motifs is 1. The second-order valence-electron chi connectivity index (χ2n) is 7.60. The van der Waals surface area contributed by atoms with Crippen LogP contribution in [-0.2, 0) is 4.79 Å². The fourth-order valence-electron chi connectivity index (χ4n) is 3.78. The average molecular weight is 429 g/mol. The van der Waals surface area contributed by atoms with E-state index in [-0.39, 0.29) is 29.1 Å². The number of rotatable bonds is 7. The standard InChI is InChI=1S/C26H24N2O2S/c1-18-12-14-21(15-13-18)25(29)17-31-26(30)16-24(20-8-4-3-5-9-20)28-19(2)27-22-10-6-7-11-23(22)28/h3-15,24H,16-17H2,1-2H3. The minimum absolute atomic E-state index is 0.00787. The maximum absolute atomic E-state index is 12.9. The lowest BCUT2D eigenvalue weighted by molar-refractivity contribution is -0.111. The molecule has 0 radical (unpaired) electrons. The van der Waals surface area contributed by atoms with Gasteiger partial charge in [-0.15, -0.1) is 0 Å². The van der Waals surface area contributed by atoms with Crippen LogP contribution in [0.25, 0.3) is 11.0 Å². The van der Waals surface area contributed by atoms with E-state index in [1.54, 1.807) is 0 Å². The number of thioether (sulfide) groups is 1. The Morgan fingerprint density at radius 2 is 1.58 bits per heavy atom. The number of benzene rings is 3. The molecule has 0 amide bonds. The summed E-state index contributed by atoms with van der Waals surface area (Å²) in [4.78, 5) is 30.1. The van der Waals surface area contributed by atoms with Crippen molar-refractivity contribution in [1.82, 2.24) is 9.55 Å². The summed E-state index contributed by atoms with van der Waals surface area (Å²) in [6.07, 6.45) is 0.289. The minimum atomic E-state index is -0.178. The highest BCUT2D eigenvalue weighted by molar-refractivity contribution is 8.14. The van der Waals surface area contributed by atoms with Gasteiger partial charge in [0.05, 0.1) is 22.8 Å². The number of hydrogen-bond acceptors (Lipinski definition) is 4. The number of ketones is 1. The molecular weight excluding hydrogens is 404 g/mol. The Balaban J connectivity index is 1.55. The number of Topliss-reactive ketones (excluding diaryl/α,β-unsaturated/α-hetero) is 1. The third-order valence-corrected chi connectivity index (χ3v) is 6.26. The molecule has 1 atom stereocenters. The fraction of sp³-hybridized carbons (Fsp3) is 0.192. The molecule has 3 aromatic carbocycles. The third kappa shape index (κ3) is 4.78. The van der Waals surface area contributed by atoms with Crippen molar-refractivity contribution >= 4 is 33.7 Å². The number of hydrogen-bond donors (Lipinski definition) is 0. The zero-order chi connectivity index (χ0) is 21.8. The van der Waals surface area contributed by atoms with E-state index in [2.05, 4.69) is 9.55 Å². The van der Waals surface area contributed by atoms with E-state index in [1.807, 2.05) is 92.7 Å². The predicted octanol–water partition coefficient (Wildman–Crippen LogP) is 5.78. The van der Waals surface area contributed by atoms with Gasteiger partial charge in [0.25, 0.3) is 0 Å². The molecule has 0 aliphatic carbocycles. The number of para-hydroxylation sites is 2. The Bertz CT molecular complexity index is 1210. The van der Waals surface area contributed by atoms with Crippen molar-refractivity contribution in [3.8, 4) is 0 Å². The van der Waals surface area contributed by atoms with E-state index in [4.69, 9.17) is 0 Å². The topological polar surface area (TPSA) is 52.0 Å². The predicted molar refractivity (Wildman–Crippen MR) is 127 cm³/mol. The summed E-state index contributed by atoms with van der Waals surface area (Å²) in [6.45, 7) is 3.95. The largest absolute Gasteiger partial charge is 0.320 e. The van der Waals surface area contributed by atoms with Gasteiger partial charge in [0.1, 0.15) is 5.82 Å². The van der Waals surface area contributed by atoms with Gasteiger partial charge < -0.3 is 4.57 Å². The van der Waals surface area contributed by atoms with E-state index >= 15 is 0 Å². The number of carbonyl (C=O) groups excluding carboxylic acids is 2. The molecule has 5 heteroatoms. The third-order valence-electron chi connectivity index (χ3n) is 5.37. The lowest BCUT2D eigenvalue weighted by Crippen LogP contribution is -2.16. The zero-order valence-corrected chi connectivity index (χ0v) is 18.4. The van der Waals surface area contributed by atoms with E-state index in [1.165, 1.54) is 0 Å². The molecule has 0 bridgehead atoms. The second-order valence-corrected chi connectivity index (χ2v) is 8.63. The van der Waals surface area contributed by atoms with Crippen molar-refractivity contribution in [3.05, 3.63) is 101 Å². The molecule has 156 valence electrons. The maximum atomic E-state index is 12.9. The molecule has 0 aliphatic rings. The molecule has 0 fully saturated rings. The molecule has 1 unspecified atom stereocenters. The highest BCUT2D eigenvalue weighted by atomic mass is 32.2. The van der Waals surface area contributed by atoms with Crippen molar-refractivity contribution in [3.63, 3.8) is 0 Å². The van der Waals surface area contributed by atoms with Gasteiger partial charge in [-0.2, -0.15) is 0 Å². The average Bonchev–Trinajstić information content (AvgIpc) is 3.12. The summed E-state index contributed by atoms with van der Waals surface area (Å²) in [6, 6.07) is 25.3. The molecule has 1 aromatic heterocycles. The first kappa shape index (κ1) is 21.1. The zero-order valence-electron chi connectivity index (χ0n) is 17.6. The van der Waals surface area contributed by atoms with E-state index in [0.717, 1.165) is 39.7 Å². The van der Waals surface area contributed by atoms with Crippen LogP contribution in [0.3, 0.4) is 0 Å². The molecule has 0 saturated carbocycles. The van der Waals surface area contributed by atoms with Crippen molar-refractivity contribution in [2.24, 2.45) is 0 Å². The molecular formula is C26H24N2O2S. The SMILES string of the molecule is Cc1ccc(C(=O)CSC(=O)CC(c2ccccc2)n2c(C)nc3ccccc32)cc1. The molecule has 0 spiro atoms. The van der Waals surface area contributed by atoms with Crippen molar-refractivity contribution in [2.45, 2.75) is 26.3 Å². The normalized spacial score (nSPS) is 12.1. The van der Waals surface area contributed by atoms with Gasteiger partial charge in [-0.3, -0.25) is 9.59 Å². The van der Waals surface area contributed by atoms with Crippen LogP contribution < -0.4 is 0 Å². The van der Waals surface area contributed by atoms with Gasteiger partial charge in [-0.05, 0) is 31.5 Å². The van der Waals surface area contributed by atoms with E-state index in [0.29, 0.717) is 5.56 Å². The van der Waals surface area contributed by atoms with Gasteiger partial charge in [0.15, 0.2) is 10.9 Å². The second kappa shape index (κ2) is 9.31. The number of imidazole rings is 1. The number of nitrogens with zero attached hydrogens (tertiary/aromatic N) is 2. The summed E-state index contributed by atoms with van der Waals surface area (Å²) < 4.78 is 2.13. The molecule has 0 aliphatic heterocycles. The molecule has 0 N–H and O–H groups in total.